The molecular formula is C23H27FN4O2. The lowest BCUT2D eigenvalue weighted by Gasteiger charge is -2.31. The van der Waals surface area contributed by atoms with Gasteiger partial charge in [-0.15, -0.1) is 0 Å². The number of amides is 1. The van der Waals surface area contributed by atoms with Crippen LogP contribution in [0.15, 0.2) is 40.9 Å². The van der Waals surface area contributed by atoms with Crippen LogP contribution in [0.1, 0.15) is 65.5 Å². The van der Waals surface area contributed by atoms with Crippen LogP contribution in [0.3, 0.4) is 0 Å². The van der Waals surface area contributed by atoms with Crippen molar-refractivity contribution in [1.82, 2.24) is 19.7 Å². The van der Waals surface area contributed by atoms with Gasteiger partial charge in [0, 0.05) is 26.6 Å². The van der Waals surface area contributed by atoms with E-state index in [0.29, 0.717) is 24.6 Å². The van der Waals surface area contributed by atoms with Crippen molar-refractivity contribution in [2.45, 2.75) is 44.9 Å². The van der Waals surface area contributed by atoms with Crippen LogP contribution in [0.25, 0.3) is 0 Å². The first-order valence-electron chi connectivity index (χ1n) is 10.5. The van der Waals surface area contributed by atoms with Gasteiger partial charge in [0.25, 0.3) is 5.91 Å². The fourth-order valence-electron chi connectivity index (χ4n) is 4.03. The smallest absolute Gasteiger partial charge is 0.272 e. The molecule has 7 heteroatoms. The maximum Gasteiger partial charge on any atom is 0.272 e. The minimum Gasteiger partial charge on any atom is -0.445 e. The second-order valence-corrected chi connectivity index (χ2v) is 7.95. The summed E-state index contributed by atoms with van der Waals surface area (Å²) in [4.78, 5) is 19.4. The summed E-state index contributed by atoms with van der Waals surface area (Å²) in [7, 11) is 1.82. The van der Waals surface area contributed by atoms with Gasteiger partial charge in [-0.05, 0) is 43.0 Å². The highest BCUT2D eigenvalue weighted by Crippen LogP contribution is 2.28. The second kappa shape index (κ2) is 8.81. The fourth-order valence-corrected chi connectivity index (χ4v) is 4.03. The van der Waals surface area contributed by atoms with Crippen LogP contribution in [0, 0.1) is 5.82 Å². The molecular weight excluding hydrogens is 383 g/mol. The Morgan fingerprint density at radius 3 is 2.87 bits per heavy atom. The summed E-state index contributed by atoms with van der Waals surface area (Å²) in [5, 5.41) is 4.46. The van der Waals surface area contributed by atoms with Gasteiger partial charge in [0.2, 0.25) is 0 Å². The summed E-state index contributed by atoms with van der Waals surface area (Å²) >= 11 is 0. The molecule has 4 rings (SSSR count). The number of aromatic nitrogens is 3. The van der Waals surface area contributed by atoms with Crippen molar-refractivity contribution in [1.29, 1.82) is 0 Å². The molecule has 30 heavy (non-hydrogen) atoms. The maximum atomic E-state index is 13.1. The minimum atomic E-state index is -0.251. The van der Waals surface area contributed by atoms with Crippen LogP contribution < -0.4 is 0 Å². The largest absolute Gasteiger partial charge is 0.445 e. The molecule has 1 aliphatic rings. The normalized spacial score (nSPS) is 16.8. The highest BCUT2D eigenvalue weighted by Gasteiger charge is 2.29. The lowest BCUT2D eigenvalue weighted by atomic mass is 9.97. The zero-order chi connectivity index (χ0) is 21.1. The third-order valence-corrected chi connectivity index (χ3v) is 5.58. The van der Waals surface area contributed by atoms with Gasteiger partial charge in [0.05, 0.1) is 17.8 Å². The number of oxazole rings is 1. The minimum absolute atomic E-state index is 0.00939. The molecule has 3 aromatic rings. The van der Waals surface area contributed by atoms with Gasteiger partial charge in [-0.25, -0.2) is 9.37 Å². The van der Waals surface area contributed by atoms with Crippen molar-refractivity contribution in [2.24, 2.45) is 7.05 Å². The molecule has 1 aliphatic heterocycles. The zero-order valence-corrected chi connectivity index (χ0v) is 17.5. The highest BCUT2D eigenvalue weighted by molar-refractivity contribution is 5.92. The Bertz CT molecular complexity index is 1010. The first-order chi connectivity index (χ1) is 14.5. The molecule has 1 atom stereocenters. The number of carbonyl (C=O) groups excluding carboxylic acids is 1. The summed E-state index contributed by atoms with van der Waals surface area (Å²) in [6.45, 7) is 3.42. The SMILES string of the molecule is CCCc1cc(C(=O)N2CCC[C@@H](c3ncc(Cc4ccc(F)cc4)o3)C2)n(C)n1. The lowest BCUT2D eigenvalue weighted by molar-refractivity contribution is 0.0686. The number of carbonyl (C=O) groups is 1. The number of likely N-dealkylation sites (tertiary alicyclic amines) is 1. The average molecular weight is 410 g/mol. The Balaban J connectivity index is 1.43. The van der Waals surface area contributed by atoms with Crippen LogP contribution >= 0.6 is 0 Å². The Morgan fingerprint density at radius 2 is 2.10 bits per heavy atom. The van der Waals surface area contributed by atoms with Gasteiger partial charge >= 0.3 is 0 Å². The van der Waals surface area contributed by atoms with Crippen molar-refractivity contribution < 1.29 is 13.6 Å². The average Bonchev–Trinajstić information content (AvgIpc) is 3.36. The van der Waals surface area contributed by atoms with Crippen LogP contribution in [-0.2, 0) is 19.9 Å². The van der Waals surface area contributed by atoms with Crippen molar-refractivity contribution in [2.75, 3.05) is 13.1 Å². The quantitative estimate of drug-likeness (QED) is 0.613. The number of rotatable bonds is 6. The molecule has 0 unspecified atom stereocenters. The molecule has 1 fully saturated rings. The second-order valence-electron chi connectivity index (χ2n) is 7.95. The Hall–Kier alpha value is -2.96. The van der Waals surface area contributed by atoms with E-state index in [9.17, 15) is 9.18 Å². The summed E-state index contributed by atoms with van der Waals surface area (Å²) in [5.74, 6) is 1.25. The van der Waals surface area contributed by atoms with Crippen molar-refractivity contribution in [3.63, 3.8) is 0 Å². The Morgan fingerprint density at radius 1 is 1.30 bits per heavy atom. The molecule has 1 aromatic carbocycles. The summed E-state index contributed by atoms with van der Waals surface area (Å²) in [6, 6.07) is 8.29. The van der Waals surface area contributed by atoms with Gasteiger partial charge in [-0.2, -0.15) is 5.10 Å². The number of benzene rings is 1. The molecule has 0 saturated carbocycles. The van der Waals surface area contributed by atoms with Gasteiger partial charge < -0.3 is 9.32 Å². The first-order valence-corrected chi connectivity index (χ1v) is 10.5. The van der Waals surface area contributed by atoms with E-state index in [1.54, 1.807) is 23.0 Å². The molecule has 158 valence electrons. The van der Waals surface area contributed by atoms with E-state index in [1.165, 1.54) is 12.1 Å². The summed E-state index contributed by atoms with van der Waals surface area (Å²) in [5.41, 5.74) is 2.55. The first kappa shape index (κ1) is 20.3. The topological polar surface area (TPSA) is 64.2 Å². The molecule has 6 nitrogen and oxygen atoms in total. The lowest BCUT2D eigenvalue weighted by Crippen LogP contribution is -2.40. The van der Waals surface area contributed by atoms with Gasteiger partial charge in [0.1, 0.15) is 17.3 Å². The van der Waals surface area contributed by atoms with Gasteiger partial charge in [0.15, 0.2) is 5.89 Å². The third kappa shape index (κ3) is 4.45. The monoisotopic (exact) mass is 410 g/mol. The number of nitrogens with zero attached hydrogens (tertiary/aromatic N) is 4. The molecule has 1 saturated heterocycles. The zero-order valence-electron chi connectivity index (χ0n) is 17.5. The Kier molecular flexibility index (Phi) is 5.97. The van der Waals surface area contributed by atoms with Gasteiger partial charge in [-0.3, -0.25) is 9.48 Å². The molecule has 0 bridgehead atoms. The van der Waals surface area contributed by atoms with Crippen LogP contribution in [0.2, 0.25) is 0 Å². The van der Waals surface area contributed by atoms with E-state index in [0.717, 1.165) is 49.2 Å². The molecule has 0 radical (unpaired) electrons. The molecule has 3 heterocycles. The van der Waals surface area contributed by atoms with E-state index in [1.807, 2.05) is 18.0 Å². The fraction of sp³-hybridized carbons (Fsp3) is 0.435. The van der Waals surface area contributed by atoms with Crippen LogP contribution in [-0.4, -0.2) is 38.7 Å². The van der Waals surface area contributed by atoms with Crippen LogP contribution in [0.5, 0.6) is 0 Å². The predicted octanol–water partition coefficient (Wildman–Crippen LogP) is 4.11. The molecule has 0 aliphatic carbocycles. The van der Waals surface area contributed by atoms with E-state index < -0.39 is 0 Å². The summed E-state index contributed by atoms with van der Waals surface area (Å²) in [6.07, 6.45) is 6.02. The van der Waals surface area contributed by atoms with Gasteiger partial charge in [-0.1, -0.05) is 25.5 Å². The molecule has 1 amide bonds. The number of aryl methyl sites for hydroxylation is 2. The molecule has 0 N–H and O–H groups in total. The number of hydrogen-bond acceptors (Lipinski definition) is 4. The van der Waals surface area contributed by atoms with Crippen molar-refractivity contribution in [3.8, 4) is 0 Å². The molecule has 2 aromatic heterocycles. The third-order valence-electron chi connectivity index (χ3n) is 5.58. The molecule has 0 spiro atoms. The number of piperidine rings is 1. The maximum absolute atomic E-state index is 13.1. The Labute approximate surface area is 175 Å². The predicted molar refractivity (Wildman–Crippen MR) is 111 cm³/mol. The van der Waals surface area contributed by atoms with E-state index in [4.69, 9.17) is 4.42 Å². The van der Waals surface area contributed by atoms with Crippen molar-refractivity contribution >= 4 is 5.91 Å². The van der Waals surface area contributed by atoms with E-state index in [2.05, 4.69) is 17.0 Å². The van der Waals surface area contributed by atoms with Crippen LogP contribution in [0.4, 0.5) is 4.39 Å². The highest BCUT2D eigenvalue weighted by atomic mass is 19.1. The number of hydrogen-bond donors (Lipinski definition) is 0. The standard InChI is InChI=1S/C23H27FN4O2/c1-3-5-19-13-21(27(2)26-19)23(29)28-11-4-6-17(15-28)22-25-14-20(30-22)12-16-7-9-18(24)10-8-16/h7-10,13-14,17H,3-6,11-12,15H2,1-2H3/t17-/m1/s1. The summed E-state index contributed by atoms with van der Waals surface area (Å²) < 4.78 is 20.8. The van der Waals surface area contributed by atoms with E-state index >= 15 is 0 Å². The van der Waals surface area contributed by atoms with E-state index in [-0.39, 0.29) is 17.6 Å². The van der Waals surface area contributed by atoms with Crippen molar-refractivity contribution in [3.05, 3.63) is 70.9 Å². The number of halogens is 1.